The van der Waals surface area contributed by atoms with Gasteiger partial charge in [-0.3, -0.25) is 0 Å². The quantitative estimate of drug-likeness (QED) is 0.263. The van der Waals surface area contributed by atoms with Crippen molar-refractivity contribution in [1.82, 2.24) is 29.6 Å². The minimum atomic E-state index is -2.53. The smallest absolute Gasteiger partial charge is 0.258 e. The number of hydrogen-bond acceptors (Lipinski definition) is 7. The predicted molar refractivity (Wildman–Crippen MR) is 110 cm³/mol. The van der Waals surface area contributed by atoms with Crippen molar-refractivity contribution in [3.63, 3.8) is 0 Å². The number of benzene rings is 1. The molecule has 0 unspecified atom stereocenters. The number of alkyl halides is 2. The summed E-state index contributed by atoms with van der Waals surface area (Å²) in [6.07, 6.45) is -0.574. The van der Waals surface area contributed by atoms with Crippen LogP contribution in [0.5, 0.6) is 0 Å². The Balaban J connectivity index is 1.89. The van der Waals surface area contributed by atoms with Crippen LogP contribution in [-0.4, -0.2) is 47.8 Å². The van der Waals surface area contributed by atoms with Crippen molar-refractivity contribution in [2.45, 2.75) is 23.4 Å². The number of rotatable bonds is 5. The van der Waals surface area contributed by atoms with Crippen LogP contribution >= 0.6 is 25.3 Å². The number of aromatic nitrogens is 6. The van der Waals surface area contributed by atoms with Gasteiger partial charge in [-0.1, -0.05) is 11.3 Å². The maximum absolute atomic E-state index is 12.8. The Morgan fingerprint density at radius 1 is 1.25 bits per heavy atom. The average Bonchev–Trinajstić information content (AvgIpc) is 3.17. The summed E-state index contributed by atoms with van der Waals surface area (Å²) in [5.41, 5.74) is 9.63. The highest BCUT2D eigenvalue weighted by Crippen LogP contribution is 2.32. The summed E-state index contributed by atoms with van der Waals surface area (Å²) in [4.78, 5) is 4.29. The first kappa shape index (κ1) is 19.0. The highest BCUT2D eigenvalue weighted by molar-refractivity contribution is 8.02. The maximum Gasteiger partial charge on any atom is 0.258 e. The molecule has 0 aliphatic heterocycles. The monoisotopic (exact) mass is 417 g/mol. The van der Waals surface area contributed by atoms with Crippen molar-refractivity contribution in [3.05, 3.63) is 36.2 Å². The summed E-state index contributed by atoms with van der Waals surface area (Å²) in [7, 11) is 5.92. The Morgan fingerprint density at radius 2 is 2.04 bits per heavy atom. The second-order valence-corrected chi connectivity index (χ2v) is 8.31. The van der Waals surface area contributed by atoms with Crippen LogP contribution in [-0.2, 0) is 13.0 Å². The summed E-state index contributed by atoms with van der Waals surface area (Å²) in [6.45, 7) is -0.531. The molecule has 3 heterocycles. The van der Waals surface area contributed by atoms with Crippen molar-refractivity contribution in [3.8, 4) is 11.1 Å². The lowest BCUT2D eigenvalue weighted by atomic mass is 9.96. The molecule has 0 aliphatic carbocycles. The molecule has 28 heavy (non-hydrogen) atoms. The fraction of sp³-hybridized carbons (Fsp3) is 0.250. The van der Waals surface area contributed by atoms with E-state index in [-0.39, 0.29) is 12.4 Å². The number of fused-ring (bicyclic) bond motifs is 2. The highest BCUT2D eigenvalue weighted by Gasteiger charge is 2.21. The van der Waals surface area contributed by atoms with Gasteiger partial charge < -0.3 is 5.73 Å². The second-order valence-electron chi connectivity index (χ2n) is 6.36. The van der Waals surface area contributed by atoms with E-state index in [4.69, 9.17) is 13.6 Å². The summed E-state index contributed by atoms with van der Waals surface area (Å²) >= 11 is 8.51. The first-order valence-electron chi connectivity index (χ1n) is 8.20. The molecule has 1 aromatic carbocycles. The van der Waals surface area contributed by atoms with E-state index in [0.29, 0.717) is 22.2 Å². The molecule has 0 atom stereocenters. The SMILES string of the molecule is [B]C(S)(S)Cc1nc(N)nn2ccc(-c3ccc4nnn(CC(F)F)c4c3)c12. The van der Waals surface area contributed by atoms with Crippen molar-refractivity contribution >= 4 is 55.6 Å². The molecule has 2 radical (unpaired) electrons. The van der Waals surface area contributed by atoms with Gasteiger partial charge in [-0.15, -0.1) is 10.2 Å². The molecule has 0 saturated carbocycles. The van der Waals surface area contributed by atoms with Gasteiger partial charge in [0.05, 0.1) is 16.7 Å². The number of nitrogens with zero attached hydrogens (tertiary/aromatic N) is 6. The molecule has 4 aromatic rings. The van der Waals surface area contributed by atoms with Gasteiger partial charge in [0, 0.05) is 22.2 Å². The molecule has 0 bridgehead atoms. The van der Waals surface area contributed by atoms with Gasteiger partial charge in [-0.05, 0) is 23.8 Å². The van der Waals surface area contributed by atoms with Gasteiger partial charge in [-0.25, -0.2) is 23.0 Å². The molecule has 0 fully saturated rings. The summed E-state index contributed by atoms with van der Waals surface area (Å²) in [5, 5.41) is 11.9. The molecular formula is C16H14BF2N7S2. The van der Waals surface area contributed by atoms with E-state index in [1.54, 1.807) is 22.8 Å². The van der Waals surface area contributed by atoms with Crippen LogP contribution < -0.4 is 5.73 Å². The van der Waals surface area contributed by atoms with Crippen LogP contribution in [0.3, 0.4) is 0 Å². The van der Waals surface area contributed by atoms with Gasteiger partial charge >= 0.3 is 0 Å². The van der Waals surface area contributed by atoms with E-state index in [9.17, 15) is 8.78 Å². The van der Waals surface area contributed by atoms with Crippen molar-refractivity contribution in [1.29, 1.82) is 0 Å². The normalized spacial score (nSPS) is 12.5. The summed E-state index contributed by atoms with van der Waals surface area (Å²) in [6, 6.07) is 7.15. The molecule has 2 N–H and O–H groups in total. The molecule has 4 rings (SSSR count). The van der Waals surface area contributed by atoms with Crippen LogP contribution in [0.15, 0.2) is 30.5 Å². The summed E-state index contributed by atoms with van der Waals surface area (Å²) in [5.74, 6) is 0.0882. The van der Waals surface area contributed by atoms with E-state index >= 15 is 0 Å². The largest absolute Gasteiger partial charge is 0.367 e. The second kappa shape index (κ2) is 6.92. The van der Waals surface area contributed by atoms with E-state index in [0.717, 1.165) is 11.1 Å². The molecule has 7 nitrogen and oxygen atoms in total. The van der Waals surface area contributed by atoms with Gasteiger partial charge in [-0.2, -0.15) is 25.3 Å². The minimum absolute atomic E-state index is 0.0882. The standard InChI is InChI=1S/C16H14BF2N7S2/c17-16(27,28)6-11-14-9(3-4-25(14)23-15(20)21-11)8-1-2-10-12(5-8)26(24-22-10)7-13(18)19/h1-5,13,27-28H,6-7H2,(H2,20,23). The third-order valence-electron chi connectivity index (χ3n) is 4.16. The molecule has 0 spiro atoms. The van der Waals surface area contributed by atoms with E-state index < -0.39 is 16.9 Å². The van der Waals surface area contributed by atoms with Crippen molar-refractivity contribution < 1.29 is 8.78 Å². The zero-order valence-corrected chi connectivity index (χ0v) is 16.2. The third-order valence-corrected chi connectivity index (χ3v) is 4.48. The van der Waals surface area contributed by atoms with Crippen LogP contribution in [0.1, 0.15) is 5.69 Å². The zero-order valence-electron chi connectivity index (χ0n) is 14.4. The first-order chi connectivity index (χ1) is 13.2. The predicted octanol–water partition coefficient (Wildman–Crippen LogP) is 2.21. The zero-order chi connectivity index (χ0) is 20.1. The number of thiol groups is 2. The van der Waals surface area contributed by atoms with Gasteiger partial charge in [0.2, 0.25) is 5.95 Å². The van der Waals surface area contributed by atoms with Crippen molar-refractivity contribution in [2.75, 3.05) is 5.73 Å². The average molecular weight is 417 g/mol. The lowest BCUT2D eigenvalue weighted by Gasteiger charge is -2.17. The molecule has 12 heteroatoms. The number of hydrogen-bond donors (Lipinski definition) is 3. The van der Waals surface area contributed by atoms with Gasteiger partial charge in [0.25, 0.3) is 6.43 Å². The van der Waals surface area contributed by atoms with Crippen LogP contribution in [0.25, 0.3) is 27.7 Å². The Hall–Kier alpha value is -2.34. The topological polar surface area (TPSA) is 86.9 Å². The third kappa shape index (κ3) is 3.66. The number of halogens is 2. The maximum atomic E-state index is 12.8. The summed E-state index contributed by atoms with van der Waals surface area (Å²) < 4.78 is 27.3. The Kier molecular flexibility index (Phi) is 4.70. The van der Waals surface area contributed by atoms with Crippen LogP contribution in [0.4, 0.5) is 14.7 Å². The number of nitrogens with two attached hydrogens (primary N) is 1. The molecule has 0 amide bonds. The van der Waals surface area contributed by atoms with Crippen molar-refractivity contribution in [2.24, 2.45) is 0 Å². The van der Waals surface area contributed by atoms with E-state index in [1.165, 1.54) is 4.68 Å². The molecule has 142 valence electrons. The number of nitrogen functional groups attached to an aromatic ring is 1. The van der Waals surface area contributed by atoms with E-state index in [1.807, 2.05) is 12.1 Å². The van der Waals surface area contributed by atoms with Crippen LogP contribution in [0, 0.1) is 0 Å². The molecule has 0 aliphatic rings. The van der Waals surface area contributed by atoms with Crippen LogP contribution in [0.2, 0.25) is 0 Å². The first-order valence-corrected chi connectivity index (χ1v) is 9.10. The fourth-order valence-electron chi connectivity index (χ4n) is 3.12. The molecule has 0 saturated heterocycles. The Labute approximate surface area is 170 Å². The number of anilines is 1. The minimum Gasteiger partial charge on any atom is -0.367 e. The van der Waals surface area contributed by atoms with Gasteiger partial charge in [0.1, 0.15) is 19.9 Å². The Morgan fingerprint density at radius 3 is 2.75 bits per heavy atom. The lowest BCUT2D eigenvalue weighted by Crippen LogP contribution is -2.19. The van der Waals surface area contributed by atoms with E-state index in [2.05, 4.69) is 45.7 Å². The fourth-order valence-corrected chi connectivity index (χ4v) is 3.42. The highest BCUT2D eigenvalue weighted by atomic mass is 32.2. The van der Waals surface area contributed by atoms with Gasteiger partial charge in [0.15, 0.2) is 0 Å². The molecule has 3 aromatic heterocycles. The Bertz CT molecular complexity index is 1170. The molecular weight excluding hydrogens is 403 g/mol. The lowest BCUT2D eigenvalue weighted by molar-refractivity contribution is 0.122.